The summed E-state index contributed by atoms with van der Waals surface area (Å²) in [5, 5.41) is 2.51. The molecule has 0 saturated carbocycles. The normalized spacial score (nSPS) is 14.2. The van der Waals surface area contributed by atoms with Gasteiger partial charge in [0.15, 0.2) is 0 Å². The predicted molar refractivity (Wildman–Crippen MR) is 86.2 cm³/mol. The second kappa shape index (κ2) is 4.95. The van der Waals surface area contributed by atoms with Crippen LogP contribution in [-0.2, 0) is 6.42 Å². The van der Waals surface area contributed by atoms with Crippen molar-refractivity contribution in [3.05, 3.63) is 60.2 Å². The second-order valence-corrected chi connectivity index (χ2v) is 6.23. The number of hydrogen-bond acceptors (Lipinski definition) is 2. The van der Waals surface area contributed by atoms with Crippen molar-refractivity contribution in [2.24, 2.45) is 0 Å². The Balaban J connectivity index is 1.98. The monoisotopic (exact) mass is 277 g/mol. The van der Waals surface area contributed by atoms with E-state index < -0.39 is 0 Å². The van der Waals surface area contributed by atoms with E-state index in [1.165, 1.54) is 39.3 Å². The second-order valence-electron chi connectivity index (χ2n) is 5.14. The maximum Gasteiger partial charge on any atom is 0.0999 e. The van der Waals surface area contributed by atoms with Gasteiger partial charge in [-0.05, 0) is 47.4 Å². The van der Waals surface area contributed by atoms with E-state index in [9.17, 15) is 0 Å². The molecule has 0 N–H and O–H groups in total. The topological polar surface area (TPSA) is 12.9 Å². The number of nitrogens with zero attached hydrogens (tertiary/aromatic N) is 1. The molecule has 1 aliphatic rings. The lowest BCUT2D eigenvalue weighted by molar-refractivity contribution is 0.867. The first kappa shape index (κ1) is 12.0. The molecule has 98 valence electrons. The molecule has 2 heteroatoms. The first-order valence-corrected chi connectivity index (χ1v) is 8.01. The van der Waals surface area contributed by atoms with Gasteiger partial charge in [-0.3, -0.25) is 0 Å². The lowest BCUT2D eigenvalue weighted by atomic mass is 9.99. The van der Waals surface area contributed by atoms with Crippen molar-refractivity contribution in [3.8, 4) is 11.1 Å². The summed E-state index contributed by atoms with van der Waals surface area (Å²) in [6.07, 6.45) is 2.42. The van der Waals surface area contributed by atoms with Gasteiger partial charge in [-0.15, -0.1) is 11.8 Å². The fourth-order valence-electron chi connectivity index (χ4n) is 2.82. The SMILES string of the molecule is c1ccc(-c2cccc3nc4c(cc23)CCCS4)cc1. The van der Waals surface area contributed by atoms with E-state index >= 15 is 0 Å². The highest BCUT2D eigenvalue weighted by Crippen LogP contribution is 2.34. The Labute approximate surface area is 123 Å². The molecule has 0 saturated heterocycles. The molecule has 20 heavy (non-hydrogen) atoms. The molecule has 4 rings (SSSR count). The van der Waals surface area contributed by atoms with Crippen LogP contribution in [0.3, 0.4) is 0 Å². The number of benzene rings is 2. The largest absolute Gasteiger partial charge is 0.241 e. The molecule has 0 radical (unpaired) electrons. The Morgan fingerprint density at radius 3 is 2.75 bits per heavy atom. The van der Waals surface area contributed by atoms with Crippen molar-refractivity contribution in [1.29, 1.82) is 0 Å². The van der Waals surface area contributed by atoms with Crippen molar-refractivity contribution >= 4 is 22.7 Å². The number of pyridine rings is 1. The number of thioether (sulfide) groups is 1. The molecule has 3 aromatic rings. The summed E-state index contributed by atoms with van der Waals surface area (Å²) < 4.78 is 0. The van der Waals surface area contributed by atoms with Gasteiger partial charge in [0.05, 0.1) is 10.5 Å². The molecule has 0 fully saturated rings. The van der Waals surface area contributed by atoms with E-state index in [0.717, 1.165) is 11.9 Å². The average molecular weight is 277 g/mol. The van der Waals surface area contributed by atoms with Gasteiger partial charge in [0, 0.05) is 5.39 Å². The smallest absolute Gasteiger partial charge is 0.0999 e. The molecule has 0 bridgehead atoms. The highest BCUT2D eigenvalue weighted by atomic mass is 32.2. The van der Waals surface area contributed by atoms with Crippen LogP contribution in [0.1, 0.15) is 12.0 Å². The molecule has 1 aliphatic heterocycles. The summed E-state index contributed by atoms with van der Waals surface area (Å²) in [6.45, 7) is 0. The van der Waals surface area contributed by atoms with Crippen LogP contribution in [0.5, 0.6) is 0 Å². The van der Waals surface area contributed by atoms with Crippen molar-refractivity contribution in [2.75, 3.05) is 5.75 Å². The van der Waals surface area contributed by atoms with Gasteiger partial charge in [0.1, 0.15) is 0 Å². The van der Waals surface area contributed by atoms with Crippen LogP contribution in [0, 0.1) is 0 Å². The van der Waals surface area contributed by atoms with E-state index in [4.69, 9.17) is 4.98 Å². The third-order valence-corrected chi connectivity index (χ3v) is 4.93. The molecule has 1 nitrogen and oxygen atoms in total. The maximum absolute atomic E-state index is 4.86. The Bertz CT molecular complexity index is 765. The van der Waals surface area contributed by atoms with Gasteiger partial charge in [-0.1, -0.05) is 42.5 Å². The minimum atomic E-state index is 1.11. The van der Waals surface area contributed by atoms with Crippen molar-refractivity contribution in [2.45, 2.75) is 17.9 Å². The molecular formula is C18H15NS. The zero-order chi connectivity index (χ0) is 13.4. The molecule has 0 amide bonds. The van der Waals surface area contributed by atoms with Crippen LogP contribution in [0.2, 0.25) is 0 Å². The van der Waals surface area contributed by atoms with E-state index in [0.29, 0.717) is 0 Å². The number of aromatic nitrogens is 1. The highest BCUT2D eigenvalue weighted by molar-refractivity contribution is 7.99. The molecule has 0 atom stereocenters. The molecule has 1 aromatic heterocycles. The zero-order valence-electron chi connectivity index (χ0n) is 11.2. The summed E-state index contributed by atoms with van der Waals surface area (Å²) in [4.78, 5) is 4.86. The van der Waals surface area contributed by atoms with Crippen LogP contribution >= 0.6 is 11.8 Å². The molecule has 2 aromatic carbocycles. The summed E-state index contributed by atoms with van der Waals surface area (Å²) >= 11 is 1.89. The summed E-state index contributed by atoms with van der Waals surface area (Å²) in [6, 6.07) is 19.4. The Morgan fingerprint density at radius 2 is 1.85 bits per heavy atom. The van der Waals surface area contributed by atoms with E-state index in [2.05, 4.69) is 54.6 Å². The highest BCUT2D eigenvalue weighted by Gasteiger charge is 2.14. The minimum Gasteiger partial charge on any atom is -0.241 e. The van der Waals surface area contributed by atoms with Crippen LogP contribution in [0.25, 0.3) is 22.0 Å². The third-order valence-electron chi connectivity index (χ3n) is 3.81. The third kappa shape index (κ3) is 2.01. The quantitative estimate of drug-likeness (QED) is 0.625. The number of fused-ring (bicyclic) bond motifs is 2. The van der Waals surface area contributed by atoms with Crippen molar-refractivity contribution < 1.29 is 0 Å². The fraction of sp³-hybridized carbons (Fsp3) is 0.167. The first-order valence-electron chi connectivity index (χ1n) is 7.03. The molecule has 2 heterocycles. The van der Waals surface area contributed by atoms with E-state index in [1.807, 2.05) is 11.8 Å². The van der Waals surface area contributed by atoms with Crippen LogP contribution in [0.15, 0.2) is 59.6 Å². The first-order chi connectivity index (χ1) is 9.92. The number of rotatable bonds is 1. The fourth-order valence-corrected chi connectivity index (χ4v) is 3.82. The van der Waals surface area contributed by atoms with Gasteiger partial charge in [-0.2, -0.15) is 0 Å². The van der Waals surface area contributed by atoms with E-state index in [-0.39, 0.29) is 0 Å². The lowest BCUT2D eigenvalue weighted by Crippen LogP contribution is -2.01. The standard InChI is InChI=1S/C18H15NS/c1-2-6-13(7-3-1)15-9-4-10-17-16(15)12-14-8-5-11-20-18(14)19-17/h1-4,6-7,9-10,12H,5,8,11H2. The molecule has 0 spiro atoms. The summed E-state index contributed by atoms with van der Waals surface area (Å²) in [7, 11) is 0. The van der Waals surface area contributed by atoms with Gasteiger partial charge in [0.25, 0.3) is 0 Å². The van der Waals surface area contributed by atoms with Gasteiger partial charge in [0.2, 0.25) is 0 Å². The predicted octanol–water partition coefficient (Wildman–Crippen LogP) is 4.94. The lowest BCUT2D eigenvalue weighted by Gasteiger charge is -2.16. The zero-order valence-corrected chi connectivity index (χ0v) is 12.0. The van der Waals surface area contributed by atoms with Crippen molar-refractivity contribution in [3.63, 3.8) is 0 Å². The average Bonchev–Trinajstić information content (AvgIpc) is 2.53. The van der Waals surface area contributed by atoms with Crippen LogP contribution < -0.4 is 0 Å². The Hall–Kier alpha value is -1.80. The molecule has 0 aliphatic carbocycles. The van der Waals surface area contributed by atoms with E-state index in [1.54, 1.807) is 0 Å². The van der Waals surface area contributed by atoms with Crippen LogP contribution in [-0.4, -0.2) is 10.7 Å². The molecule has 0 unspecified atom stereocenters. The Morgan fingerprint density at radius 1 is 0.950 bits per heavy atom. The Kier molecular flexibility index (Phi) is 2.96. The minimum absolute atomic E-state index is 1.11. The summed E-state index contributed by atoms with van der Waals surface area (Å²) in [5.41, 5.74) is 5.08. The van der Waals surface area contributed by atoms with Crippen LogP contribution in [0.4, 0.5) is 0 Å². The van der Waals surface area contributed by atoms with Crippen molar-refractivity contribution in [1.82, 2.24) is 4.98 Å². The van der Waals surface area contributed by atoms with Gasteiger partial charge >= 0.3 is 0 Å². The number of aryl methyl sites for hydroxylation is 1. The number of hydrogen-bond donors (Lipinski definition) is 0. The summed E-state index contributed by atoms with van der Waals surface area (Å²) in [5.74, 6) is 1.20. The van der Waals surface area contributed by atoms with Gasteiger partial charge < -0.3 is 0 Å². The maximum atomic E-state index is 4.86. The van der Waals surface area contributed by atoms with Gasteiger partial charge in [-0.25, -0.2) is 4.98 Å². The molecular weight excluding hydrogens is 262 g/mol.